The van der Waals surface area contributed by atoms with E-state index in [1.165, 1.54) is 44.1 Å². The highest BCUT2D eigenvalue weighted by atomic mass is 32.1. The summed E-state index contributed by atoms with van der Waals surface area (Å²) in [5, 5.41) is 9.27. The molecule has 1 atom stereocenters. The van der Waals surface area contributed by atoms with Gasteiger partial charge >= 0.3 is 0 Å². The number of hydrogen-bond acceptors (Lipinski definition) is 3. The topological polar surface area (TPSA) is 46.9 Å². The number of amides is 1. The summed E-state index contributed by atoms with van der Waals surface area (Å²) < 4.78 is 2.05. The van der Waals surface area contributed by atoms with Gasteiger partial charge in [0.05, 0.1) is 17.1 Å². The third-order valence-corrected chi connectivity index (χ3v) is 9.51. The molecule has 4 bridgehead atoms. The number of nitrogens with zero attached hydrogens (tertiary/aromatic N) is 2. The highest BCUT2D eigenvalue weighted by Gasteiger charge is 2.53. The molecule has 1 N–H and O–H groups in total. The van der Waals surface area contributed by atoms with Gasteiger partial charge in [-0.15, -0.1) is 11.3 Å². The number of carbonyl (C=O) groups is 1. The maximum atomic E-state index is 13.3. The first kappa shape index (κ1) is 19.5. The van der Waals surface area contributed by atoms with Crippen LogP contribution in [0.15, 0.2) is 36.4 Å². The Bertz CT molecular complexity index is 1090. The van der Waals surface area contributed by atoms with E-state index >= 15 is 0 Å². The first-order valence-electron chi connectivity index (χ1n) is 11.8. The molecule has 4 fully saturated rings. The normalized spacial score (nSPS) is 30.1. The number of aryl methyl sites for hydroxylation is 1. The van der Waals surface area contributed by atoms with Crippen molar-refractivity contribution in [3.05, 3.63) is 52.5 Å². The van der Waals surface area contributed by atoms with Crippen LogP contribution in [0.2, 0.25) is 0 Å². The fourth-order valence-electron chi connectivity index (χ4n) is 7.22. The van der Waals surface area contributed by atoms with Gasteiger partial charge in [0.1, 0.15) is 4.83 Å². The molecule has 2 heterocycles. The van der Waals surface area contributed by atoms with Crippen molar-refractivity contribution in [3.8, 4) is 0 Å². The summed E-state index contributed by atoms with van der Waals surface area (Å²) in [5.74, 6) is 2.81. The van der Waals surface area contributed by atoms with Crippen LogP contribution < -0.4 is 5.32 Å². The third kappa shape index (κ3) is 3.32. The summed E-state index contributed by atoms with van der Waals surface area (Å²) in [4.78, 5) is 15.2. The van der Waals surface area contributed by atoms with E-state index in [9.17, 15) is 4.79 Å². The molecule has 4 aliphatic rings. The Morgan fingerprint density at radius 2 is 1.81 bits per heavy atom. The van der Waals surface area contributed by atoms with Gasteiger partial charge in [-0.05, 0) is 87.2 Å². The zero-order chi connectivity index (χ0) is 21.2. The van der Waals surface area contributed by atoms with E-state index in [0.29, 0.717) is 5.41 Å². The molecule has 1 aromatic carbocycles. The van der Waals surface area contributed by atoms with E-state index in [1.54, 1.807) is 11.3 Å². The lowest BCUT2D eigenvalue weighted by Gasteiger charge is -2.59. The van der Waals surface area contributed by atoms with Gasteiger partial charge in [-0.1, -0.05) is 30.3 Å². The Kier molecular flexibility index (Phi) is 4.53. The Balaban J connectivity index is 1.23. The molecule has 4 aliphatic carbocycles. The van der Waals surface area contributed by atoms with E-state index in [4.69, 9.17) is 5.10 Å². The summed E-state index contributed by atoms with van der Waals surface area (Å²) >= 11 is 1.58. The largest absolute Gasteiger partial charge is 0.348 e. The van der Waals surface area contributed by atoms with E-state index in [0.717, 1.165) is 45.1 Å². The van der Waals surface area contributed by atoms with Gasteiger partial charge in [-0.25, -0.2) is 0 Å². The lowest BCUT2D eigenvalue weighted by Crippen LogP contribution is -2.55. The molecule has 7 rings (SSSR count). The van der Waals surface area contributed by atoms with Crippen LogP contribution in [0.3, 0.4) is 0 Å². The molecule has 31 heavy (non-hydrogen) atoms. The van der Waals surface area contributed by atoms with Gasteiger partial charge in [0.2, 0.25) is 0 Å². The quantitative estimate of drug-likeness (QED) is 0.554. The number of nitrogens with one attached hydrogen (secondary N) is 1. The second kappa shape index (κ2) is 7.19. The molecule has 2 aromatic heterocycles. The molecule has 0 unspecified atom stereocenters. The van der Waals surface area contributed by atoms with Crippen LogP contribution in [0, 0.1) is 30.1 Å². The van der Waals surface area contributed by atoms with E-state index in [1.807, 2.05) is 23.7 Å². The van der Waals surface area contributed by atoms with Crippen LogP contribution in [0.25, 0.3) is 10.2 Å². The van der Waals surface area contributed by atoms with Crippen LogP contribution in [0.5, 0.6) is 0 Å². The third-order valence-electron chi connectivity index (χ3n) is 8.36. The van der Waals surface area contributed by atoms with Crippen molar-refractivity contribution in [1.29, 1.82) is 0 Å². The zero-order valence-corrected chi connectivity index (χ0v) is 19.3. The molecule has 1 amide bonds. The van der Waals surface area contributed by atoms with Crippen LogP contribution in [-0.2, 0) is 6.54 Å². The van der Waals surface area contributed by atoms with Gasteiger partial charge in [0.15, 0.2) is 0 Å². The Morgan fingerprint density at radius 1 is 1.16 bits per heavy atom. The van der Waals surface area contributed by atoms with Gasteiger partial charge in [0.25, 0.3) is 5.91 Å². The van der Waals surface area contributed by atoms with Crippen molar-refractivity contribution in [1.82, 2.24) is 15.1 Å². The molecule has 4 saturated carbocycles. The number of thiophene rings is 1. The lowest BCUT2D eigenvalue weighted by molar-refractivity contribution is -0.0687. The number of benzene rings is 1. The second-order valence-electron chi connectivity index (χ2n) is 10.5. The smallest absolute Gasteiger partial charge is 0.261 e. The molecule has 162 valence electrons. The molecular formula is C26H31N3OS. The summed E-state index contributed by atoms with van der Waals surface area (Å²) in [7, 11) is 0. The molecule has 0 radical (unpaired) electrons. The van der Waals surface area contributed by atoms with Crippen molar-refractivity contribution < 1.29 is 4.79 Å². The lowest BCUT2D eigenvalue weighted by atomic mass is 9.48. The fourth-order valence-corrected chi connectivity index (χ4v) is 8.28. The predicted molar refractivity (Wildman–Crippen MR) is 125 cm³/mol. The molecule has 0 spiro atoms. The SMILES string of the molecule is Cc1nn(Cc2ccccc2)c2sc(C(=O)N[C@H](C)C34CC5CC(CC(C5)C3)C4)cc12. The number of rotatable bonds is 5. The zero-order valence-electron chi connectivity index (χ0n) is 18.4. The minimum absolute atomic E-state index is 0.0927. The molecule has 5 heteroatoms. The predicted octanol–water partition coefficient (Wildman–Crippen LogP) is 5.79. The summed E-state index contributed by atoms with van der Waals surface area (Å²) in [6.07, 6.45) is 8.27. The molecule has 3 aromatic rings. The second-order valence-corrected chi connectivity index (χ2v) is 11.6. The van der Waals surface area contributed by atoms with Crippen molar-refractivity contribution in [2.75, 3.05) is 0 Å². The van der Waals surface area contributed by atoms with Crippen LogP contribution in [-0.4, -0.2) is 21.7 Å². The summed E-state index contributed by atoms with van der Waals surface area (Å²) in [6, 6.07) is 12.7. The van der Waals surface area contributed by atoms with Crippen molar-refractivity contribution >= 4 is 27.5 Å². The molecule has 0 aliphatic heterocycles. The average Bonchev–Trinajstić information content (AvgIpc) is 3.29. The van der Waals surface area contributed by atoms with Gasteiger partial charge in [-0.3, -0.25) is 9.48 Å². The maximum Gasteiger partial charge on any atom is 0.261 e. The van der Waals surface area contributed by atoms with E-state index < -0.39 is 0 Å². The highest BCUT2D eigenvalue weighted by Crippen LogP contribution is 2.61. The Labute approximate surface area is 188 Å². The molecule has 0 saturated heterocycles. The Hall–Kier alpha value is -2.14. The fraction of sp³-hybridized carbons (Fsp3) is 0.538. The number of aromatic nitrogens is 2. The minimum Gasteiger partial charge on any atom is -0.348 e. The highest BCUT2D eigenvalue weighted by molar-refractivity contribution is 7.20. The summed E-state index contributed by atoms with van der Waals surface area (Å²) in [6.45, 7) is 5.04. The first-order chi connectivity index (χ1) is 15.0. The molecular weight excluding hydrogens is 402 g/mol. The summed E-state index contributed by atoms with van der Waals surface area (Å²) in [5.41, 5.74) is 2.55. The van der Waals surface area contributed by atoms with Gasteiger partial charge in [0, 0.05) is 11.4 Å². The van der Waals surface area contributed by atoms with E-state index in [-0.39, 0.29) is 11.9 Å². The minimum atomic E-state index is 0.0927. The van der Waals surface area contributed by atoms with E-state index in [2.05, 4.69) is 36.5 Å². The van der Waals surface area contributed by atoms with Crippen molar-refractivity contribution in [2.24, 2.45) is 23.2 Å². The van der Waals surface area contributed by atoms with Crippen molar-refractivity contribution in [3.63, 3.8) is 0 Å². The maximum absolute atomic E-state index is 13.3. The first-order valence-corrected chi connectivity index (χ1v) is 12.6. The van der Waals surface area contributed by atoms with Gasteiger partial charge < -0.3 is 5.32 Å². The van der Waals surface area contributed by atoms with Crippen molar-refractivity contribution in [2.45, 2.75) is 65.0 Å². The van der Waals surface area contributed by atoms with Crippen LogP contribution >= 0.6 is 11.3 Å². The Morgan fingerprint density at radius 3 is 2.45 bits per heavy atom. The number of carbonyl (C=O) groups excluding carboxylic acids is 1. The van der Waals surface area contributed by atoms with Crippen LogP contribution in [0.4, 0.5) is 0 Å². The van der Waals surface area contributed by atoms with Gasteiger partial charge in [-0.2, -0.15) is 5.10 Å². The molecule has 4 nitrogen and oxygen atoms in total. The standard InChI is InChI=1S/C26H31N3OS/c1-16-22-11-23(31-25(22)29(28-16)15-18-6-4-3-5-7-18)24(30)27-17(2)26-12-19-8-20(13-26)10-21(9-19)14-26/h3-7,11,17,19-21H,8-10,12-15H2,1-2H3,(H,27,30)/t17-,19?,20?,21?,26?/m1/s1. The van der Waals surface area contributed by atoms with Crippen LogP contribution in [0.1, 0.15) is 66.4 Å². The number of hydrogen-bond donors (Lipinski definition) is 1. The monoisotopic (exact) mass is 433 g/mol. The average molecular weight is 434 g/mol. The number of fused-ring (bicyclic) bond motifs is 1.